The molecular formula is C10H17Br. The van der Waals surface area contributed by atoms with E-state index in [-0.39, 0.29) is 0 Å². The van der Waals surface area contributed by atoms with Crippen LogP contribution in [0.4, 0.5) is 0 Å². The van der Waals surface area contributed by atoms with Gasteiger partial charge in [-0.3, -0.25) is 0 Å². The molecule has 0 nitrogen and oxygen atoms in total. The van der Waals surface area contributed by atoms with Crippen LogP contribution in [0.1, 0.15) is 40.0 Å². The van der Waals surface area contributed by atoms with Crippen molar-refractivity contribution in [1.82, 2.24) is 0 Å². The van der Waals surface area contributed by atoms with E-state index in [4.69, 9.17) is 0 Å². The molecule has 1 aliphatic rings. The Morgan fingerprint density at radius 1 is 1.45 bits per heavy atom. The minimum Gasteiger partial charge on any atom is -0.0741 e. The zero-order valence-electron chi connectivity index (χ0n) is 7.65. The van der Waals surface area contributed by atoms with Gasteiger partial charge in [-0.1, -0.05) is 42.8 Å². The van der Waals surface area contributed by atoms with Gasteiger partial charge in [-0.15, -0.1) is 0 Å². The monoisotopic (exact) mass is 216 g/mol. The van der Waals surface area contributed by atoms with Gasteiger partial charge < -0.3 is 0 Å². The highest BCUT2D eigenvalue weighted by atomic mass is 79.9. The third-order valence-corrected chi connectivity index (χ3v) is 3.30. The fourth-order valence-electron chi connectivity index (χ4n) is 1.59. The minimum absolute atomic E-state index is 0.490. The third-order valence-electron chi connectivity index (χ3n) is 2.58. The third kappa shape index (κ3) is 2.62. The van der Waals surface area contributed by atoms with Crippen molar-refractivity contribution in [1.29, 1.82) is 0 Å². The van der Waals surface area contributed by atoms with Crippen LogP contribution in [0.25, 0.3) is 0 Å². The van der Waals surface area contributed by atoms with Gasteiger partial charge in [-0.05, 0) is 35.1 Å². The average molecular weight is 217 g/mol. The molecule has 0 unspecified atom stereocenters. The Kier molecular flexibility index (Phi) is 2.79. The first kappa shape index (κ1) is 9.31. The topological polar surface area (TPSA) is 0 Å². The summed E-state index contributed by atoms with van der Waals surface area (Å²) in [6.45, 7) is 7.01. The van der Waals surface area contributed by atoms with Gasteiger partial charge in [0, 0.05) is 0 Å². The predicted molar refractivity (Wildman–Crippen MR) is 53.8 cm³/mol. The lowest BCUT2D eigenvalue weighted by Gasteiger charge is -2.32. The quantitative estimate of drug-likeness (QED) is 0.572. The predicted octanol–water partition coefficient (Wildman–Crippen LogP) is 4.11. The van der Waals surface area contributed by atoms with Crippen LogP contribution in [-0.2, 0) is 0 Å². The Labute approximate surface area is 78.2 Å². The summed E-state index contributed by atoms with van der Waals surface area (Å²) < 4.78 is 1.40. The van der Waals surface area contributed by atoms with E-state index in [1.54, 1.807) is 0 Å². The first-order chi connectivity index (χ1) is 5.00. The van der Waals surface area contributed by atoms with E-state index >= 15 is 0 Å². The number of halogens is 1. The summed E-state index contributed by atoms with van der Waals surface area (Å²) >= 11 is 3.54. The second-order valence-electron chi connectivity index (χ2n) is 4.49. The SMILES string of the molecule is CC(C)(C)[C@H]1CC=C(Br)CC1. The van der Waals surface area contributed by atoms with Crippen LogP contribution in [0.5, 0.6) is 0 Å². The molecule has 1 heteroatoms. The molecule has 0 fully saturated rings. The van der Waals surface area contributed by atoms with E-state index in [1.165, 1.54) is 23.7 Å². The Hall–Kier alpha value is 0.220. The molecule has 0 aromatic carbocycles. The Morgan fingerprint density at radius 3 is 2.45 bits per heavy atom. The molecule has 0 aromatic rings. The van der Waals surface area contributed by atoms with Gasteiger partial charge >= 0.3 is 0 Å². The largest absolute Gasteiger partial charge is 0.0741 e. The fraction of sp³-hybridized carbons (Fsp3) is 0.800. The highest BCUT2D eigenvalue weighted by Crippen LogP contribution is 2.38. The summed E-state index contributed by atoms with van der Waals surface area (Å²) in [5, 5.41) is 0. The van der Waals surface area contributed by atoms with Gasteiger partial charge in [0.05, 0.1) is 0 Å². The zero-order chi connectivity index (χ0) is 8.48. The van der Waals surface area contributed by atoms with Crippen molar-refractivity contribution >= 4 is 15.9 Å². The summed E-state index contributed by atoms with van der Waals surface area (Å²) in [5.41, 5.74) is 0.490. The summed E-state index contributed by atoms with van der Waals surface area (Å²) in [5.74, 6) is 0.879. The Morgan fingerprint density at radius 2 is 2.09 bits per heavy atom. The van der Waals surface area contributed by atoms with Crippen LogP contribution in [-0.4, -0.2) is 0 Å². The van der Waals surface area contributed by atoms with Crippen LogP contribution in [0.3, 0.4) is 0 Å². The molecule has 1 aliphatic carbocycles. The molecule has 1 atom stereocenters. The molecule has 0 aromatic heterocycles. The van der Waals surface area contributed by atoms with E-state index < -0.39 is 0 Å². The van der Waals surface area contributed by atoms with Crippen LogP contribution in [0.2, 0.25) is 0 Å². The van der Waals surface area contributed by atoms with Gasteiger partial charge in [-0.25, -0.2) is 0 Å². The number of rotatable bonds is 0. The fourth-order valence-corrected chi connectivity index (χ4v) is 2.00. The van der Waals surface area contributed by atoms with Crippen molar-refractivity contribution < 1.29 is 0 Å². The molecule has 0 aliphatic heterocycles. The van der Waals surface area contributed by atoms with Gasteiger partial charge in [0.25, 0.3) is 0 Å². The lowest BCUT2D eigenvalue weighted by Crippen LogP contribution is -2.21. The molecule has 0 saturated carbocycles. The van der Waals surface area contributed by atoms with Crippen LogP contribution in [0.15, 0.2) is 10.6 Å². The molecular weight excluding hydrogens is 200 g/mol. The Bertz CT molecular complexity index is 162. The van der Waals surface area contributed by atoms with Gasteiger partial charge in [-0.2, -0.15) is 0 Å². The van der Waals surface area contributed by atoms with E-state index in [2.05, 4.69) is 42.8 Å². The van der Waals surface area contributed by atoms with Crippen molar-refractivity contribution in [2.24, 2.45) is 11.3 Å². The molecule has 0 saturated heterocycles. The molecule has 0 bridgehead atoms. The van der Waals surface area contributed by atoms with Crippen molar-refractivity contribution in [3.63, 3.8) is 0 Å². The number of hydrogen-bond donors (Lipinski definition) is 0. The van der Waals surface area contributed by atoms with Crippen LogP contribution in [0, 0.1) is 11.3 Å². The smallest absolute Gasteiger partial charge is 0.00890 e. The zero-order valence-corrected chi connectivity index (χ0v) is 9.24. The molecule has 64 valence electrons. The summed E-state index contributed by atoms with van der Waals surface area (Å²) in [6, 6.07) is 0. The van der Waals surface area contributed by atoms with Gasteiger partial charge in [0.2, 0.25) is 0 Å². The first-order valence-corrected chi connectivity index (χ1v) is 5.14. The van der Waals surface area contributed by atoms with Crippen LogP contribution < -0.4 is 0 Å². The molecule has 0 radical (unpaired) electrons. The van der Waals surface area contributed by atoms with Crippen molar-refractivity contribution in [2.45, 2.75) is 40.0 Å². The van der Waals surface area contributed by atoms with E-state index in [1.807, 2.05) is 0 Å². The summed E-state index contributed by atoms with van der Waals surface area (Å²) in [6.07, 6.45) is 6.17. The highest BCUT2D eigenvalue weighted by Gasteiger charge is 2.25. The summed E-state index contributed by atoms with van der Waals surface area (Å²) in [7, 11) is 0. The maximum Gasteiger partial charge on any atom is -0.00890 e. The molecule has 0 amide bonds. The standard InChI is InChI=1S/C10H17Br/c1-10(2,3)8-4-6-9(11)7-5-8/h6,8H,4-5,7H2,1-3H3/t8-/m0/s1. The van der Waals surface area contributed by atoms with E-state index in [0.717, 1.165) is 5.92 Å². The molecule has 11 heavy (non-hydrogen) atoms. The first-order valence-electron chi connectivity index (χ1n) is 4.34. The average Bonchev–Trinajstić information content (AvgIpc) is 1.86. The van der Waals surface area contributed by atoms with Crippen LogP contribution >= 0.6 is 15.9 Å². The van der Waals surface area contributed by atoms with Gasteiger partial charge in [0.15, 0.2) is 0 Å². The molecule has 1 rings (SSSR count). The second kappa shape index (κ2) is 3.30. The maximum atomic E-state index is 3.54. The maximum absolute atomic E-state index is 3.54. The van der Waals surface area contributed by atoms with E-state index in [0.29, 0.717) is 5.41 Å². The lowest BCUT2D eigenvalue weighted by atomic mass is 9.74. The van der Waals surface area contributed by atoms with Gasteiger partial charge in [0.1, 0.15) is 0 Å². The van der Waals surface area contributed by atoms with Crippen molar-refractivity contribution in [2.75, 3.05) is 0 Å². The van der Waals surface area contributed by atoms with E-state index in [9.17, 15) is 0 Å². The number of hydrogen-bond acceptors (Lipinski definition) is 0. The normalized spacial score (nSPS) is 26.5. The van der Waals surface area contributed by atoms with Crippen molar-refractivity contribution in [3.8, 4) is 0 Å². The lowest BCUT2D eigenvalue weighted by molar-refractivity contribution is 0.223. The Balaban J connectivity index is 2.54. The minimum atomic E-state index is 0.490. The second-order valence-corrected chi connectivity index (χ2v) is 5.51. The molecule has 0 N–H and O–H groups in total. The van der Waals surface area contributed by atoms with Crippen molar-refractivity contribution in [3.05, 3.63) is 10.6 Å². The number of allylic oxidation sites excluding steroid dienone is 2. The highest BCUT2D eigenvalue weighted by molar-refractivity contribution is 9.11. The summed E-state index contributed by atoms with van der Waals surface area (Å²) in [4.78, 5) is 0. The molecule has 0 spiro atoms. The molecule has 0 heterocycles.